The molecule has 1 saturated heterocycles. The van der Waals surface area contributed by atoms with Crippen molar-refractivity contribution < 1.29 is 19.0 Å². The van der Waals surface area contributed by atoms with Gasteiger partial charge in [-0.1, -0.05) is 13.0 Å². The zero-order valence-electron chi connectivity index (χ0n) is 22.6. The number of ether oxygens (including phenoxy) is 3. The van der Waals surface area contributed by atoms with Gasteiger partial charge in [-0.3, -0.25) is 9.78 Å². The van der Waals surface area contributed by atoms with Gasteiger partial charge >= 0.3 is 0 Å². The molecule has 7 heteroatoms. The molecule has 2 fully saturated rings. The molecule has 0 bridgehead atoms. The molecule has 0 radical (unpaired) electrons. The number of allylic oxidation sites excluding steroid dienone is 2. The van der Waals surface area contributed by atoms with Crippen LogP contribution in [0.5, 0.6) is 0 Å². The maximum Gasteiger partial charge on any atom is 0.253 e. The topological polar surface area (TPSA) is 72.9 Å². The molecule has 0 aromatic carbocycles. The molecule has 200 valence electrons. The zero-order chi connectivity index (χ0) is 25.5. The molecule has 36 heavy (non-hydrogen) atoms. The average Bonchev–Trinajstić information content (AvgIpc) is 3.75. The molecule has 1 aliphatic heterocycles. The second-order valence-corrected chi connectivity index (χ2v) is 10.7. The number of nitrogens with zero attached hydrogens (tertiary/aromatic N) is 2. The molecular formula is C29H45N3O4. The van der Waals surface area contributed by atoms with Crippen LogP contribution >= 0.6 is 0 Å². The minimum Gasteiger partial charge on any atom is -0.385 e. The van der Waals surface area contributed by atoms with Crippen LogP contribution in [-0.4, -0.2) is 75.1 Å². The number of nitrogens with one attached hydrogen (secondary N) is 1. The highest BCUT2D eigenvalue weighted by Crippen LogP contribution is 2.42. The van der Waals surface area contributed by atoms with Crippen molar-refractivity contribution in [1.82, 2.24) is 15.2 Å². The third-order valence-corrected chi connectivity index (χ3v) is 8.13. The number of carbonyl (C=O) groups is 1. The number of pyridine rings is 1. The summed E-state index contributed by atoms with van der Waals surface area (Å²) in [7, 11) is 3.54. The highest BCUT2D eigenvalue weighted by Gasteiger charge is 2.40. The Kier molecular flexibility index (Phi) is 9.94. The Bertz CT molecular complexity index is 895. The average molecular weight is 500 g/mol. The van der Waals surface area contributed by atoms with Crippen molar-refractivity contribution >= 4 is 11.5 Å². The molecule has 1 saturated carbocycles. The normalized spacial score (nSPS) is 25.0. The molecule has 3 aliphatic rings. The summed E-state index contributed by atoms with van der Waals surface area (Å²) in [5.41, 5.74) is 5.01. The summed E-state index contributed by atoms with van der Waals surface area (Å²) < 4.78 is 16.5. The molecule has 0 spiro atoms. The van der Waals surface area contributed by atoms with Crippen molar-refractivity contribution in [3.05, 3.63) is 35.2 Å². The van der Waals surface area contributed by atoms with E-state index in [0.717, 1.165) is 70.4 Å². The van der Waals surface area contributed by atoms with Gasteiger partial charge < -0.3 is 24.4 Å². The fourth-order valence-electron chi connectivity index (χ4n) is 5.80. The highest BCUT2D eigenvalue weighted by atomic mass is 16.5. The monoisotopic (exact) mass is 499 g/mol. The van der Waals surface area contributed by atoms with Crippen molar-refractivity contribution in [2.75, 3.05) is 47.1 Å². The van der Waals surface area contributed by atoms with Crippen LogP contribution in [0, 0.1) is 5.92 Å². The molecule has 1 aromatic rings. The van der Waals surface area contributed by atoms with E-state index in [1.165, 1.54) is 16.7 Å². The van der Waals surface area contributed by atoms with E-state index in [1.807, 2.05) is 0 Å². The molecule has 2 unspecified atom stereocenters. The van der Waals surface area contributed by atoms with Gasteiger partial charge in [-0.25, -0.2) is 0 Å². The first kappa shape index (κ1) is 27.2. The van der Waals surface area contributed by atoms with E-state index in [9.17, 15) is 4.79 Å². The van der Waals surface area contributed by atoms with E-state index in [2.05, 4.69) is 42.4 Å². The van der Waals surface area contributed by atoms with Gasteiger partial charge in [0.05, 0.1) is 18.3 Å². The van der Waals surface area contributed by atoms with Gasteiger partial charge in [0.2, 0.25) is 0 Å². The maximum absolute atomic E-state index is 13.5. The third kappa shape index (κ3) is 6.55. The summed E-state index contributed by atoms with van der Waals surface area (Å²) in [6.07, 6.45) is 11.5. The number of hydrogen-bond acceptors (Lipinski definition) is 6. The molecular weight excluding hydrogens is 454 g/mol. The molecule has 1 amide bonds. The van der Waals surface area contributed by atoms with Gasteiger partial charge in [0.15, 0.2) is 0 Å². The lowest BCUT2D eigenvalue weighted by atomic mass is 9.82. The Morgan fingerprint density at radius 3 is 2.72 bits per heavy atom. The molecule has 7 nitrogen and oxygen atoms in total. The van der Waals surface area contributed by atoms with Gasteiger partial charge in [-0.05, 0) is 86.5 Å². The van der Waals surface area contributed by atoms with Crippen LogP contribution in [0.1, 0.15) is 87.6 Å². The van der Waals surface area contributed by atoms with Gasteiger partial charge in [-0.2, -0.15) is 0 Å². The third-order valence-electron chi connectivity index (χ3n) is 8.13. The second-order valence-electron chi connectivity index (χ2n) is 10.7. The number of fused-ring (bicyclic) bond motifs is 1. The number of hydrogen-bond donors (Lipinski definition) is 1. The summed E-state index contributed by atoms with van der Waals surface area (Å²) in [5.74, 6) is 1.07. The first-order valence-corrected chi connectivity index (χ1v) is 13.9. The van der Waals surface area contributed by atoms with Crippen molar-refractivity contribution in [1.29, 1.82) is 0 Å². The second kappa shape index (κ2) is 13.1. The Morgan fingerprint density at radius 1 is 1.25 bits per heavy atom. The summed E-state index contributed by atoms with van der Waals surface area (Å²) in [6.45, 7) is 8.03. The van der Waals surface area contributed by atoms with Crippen LogP contribution < -0.4 is 5.32 Å². The summed E-state index contributed by atoms with van der Waals surface area (Å²) in [5, 5.41) is 3.30. The van der Waals surface area contributed by atoms with Gasteiger partial charge in [0.1, 0.15) is 6.10 Å². The lowest BCUT2D eigenvalue weighted by Crippen LogP contribution is -2.50. The van der Waals surface area contributed by atoms with E-state index < -0.39 is 6.10 Å². The Balaban J connectivity index is 1.60. The van der Waals surface area contributed by atoms with E-state index in [4.69, 9.17) is 19.2 Å². The zero-order valence-corrected chi connectivity index (χ0v) is 22.6. The van der Waals surface area contributed by atoms with Gasteiger partial charge in [0.25, 0.3) is 5.91 Å². The van der Waals surface area contributed by atoms with Crippen LogP contribution in [0.15, 0.2) is 18.3 Å². The number of morpholine rings is 1. The predicted octanol–water partition coefficient (Wildman–Crippen LogP) is 4.48. The first-order valence-electron chi connectivity index (χ1n) is 13.9. The highest BCUT2D eigenvalue weighted by molar-refractivity contribution is 5.82. The van der Waals surface area contributed by atoms with Crippen LogP contribution in [0.2, 0.25) is 0 Å². The molecule has 2 aliphatic carbocycles. The molecule has 1 aromatic heterocycles. The number of amides is 1. The molecule has 4 rings (SSSR count). The minimum atomic E-state index is -0.401. The van der Waals surface area contributed by atoms with Crippen molar-refractivity contribution in [2.24, 2.45) is 5.92 Å². The quantitative estimate of drug-likeness (QED) is 0.428. The van der Waals surface area contributed by atoms with Crippen molar-refractivity contribution in [2.45, 2.75) is 82.9 Å². The Morgan fingerprint density at radius 2 is 2.03 bits per heavy atom. The van der Waals surface area contributed by atoms with Crippen LogP contribution in [-0.2, 0) is 19.0 Å². The lowest BCUT2D eigenvalue weighted by Gasteiger charge is -2.34. The van der Waals surface area contributed by atoms with Gasteiger partial charge in [-0.15, -0.1) is 0 Å². The Hall–Kier alpha value is -1.80. The molecule has 1 N–H and O–H groups in total. The van der Waals surface area contributed by atoms with Crippen LogP contribution in [0.25, 0.3) is 5.57 Å². The fraction of sp³-hybridized carbons (Fsp3) is 0.724. The van der Waals surface area contributed by atoms with Crippen molar-refractivity contribution in [3.63, 3.8) is 0 Å². The van der Waals surface area contributed by atoms with E-state index in [1.54, 1.807) is 14.2 Å². The molecule has 4 atom stereocenters. The maximum atomic E-state index is 13.5. The SMILES string of the molecule is COCCCC1=CCC(CCCOC)C(C)c2cc([C@@H](C)N(C(=O)[C@H]3CNCCO3)C3CC3)ncc21. The number of rotatable bonds is 12. The smallest absolute Gasteiger partial charge is 0.253 e. The number of carbonyl (C=O) groups excluding carboxylic acids is 1. The number of methoxy groups -OCH3 is 2. The van der Waals surface area contributed by atoms with E-state index in [0.29, 0.717) is 31.0 Å². The standard InChI is InChI=1S/C29H45N3O4/c1-20-22(7-5-14-34-3)9-10-23(8-6-15-35-4)26-18-31-27(17-25(20)26)21(2)32(24-11-12-24)29(33)28-19-30-13-16-36-28/h10,17-18,20-22,24,28,30H,5-9,11-16,19H2,1-4H3/t20?,21-,22?,28-/m1/s1. The summed E-state index contributed by atoms with van der Waals surface area (Å²) in [6, 6.07) is 2.51. The summed E-state index contributed by atoms with van der Waals surface area (Å²) in [4.78, 5) is 20.5. The van der Waals surface area contributed by atoms with Gasteiger partial charge in [0, 0.05) is 52.8 Å². The van der Waals surface area contributed by atoms with Crippen molar-refractivity contribution in [3.8, 4) is 0 Å². The minimum absolute atomic E-state index is 0.0795. The van der Waals surface area contributed by atoms with E-state index in [-0.39, 0.29) is 11.9 Å². The molecule has 2 heterocycles. The largest absolute Gasteiger partial charge is 0.385 e. The summed E-state index contributed by atoms with van der Waals surface area (Å²) >= 11 is 0. The van der Waals surface area contributed by atoms with Crippen LogP contribution in [0.4, 0.5) is 0 Å². The number of aromatic nitrogens is 1. The van der Waals surface area contributed by atoms with E-state index >= 15 is 0 Å². The first-order chi connectivity index (χ1) is 17.5. The lowest BCUT2D eigenvalue weighted by molar-refractivity contribution is -0.148. The Labute approximate surface area is 217 Å². The predicted molar refractivity (Wildman–Crippen MR) is 142 cm³/mol. The van der Waals surface area contributed by atoms with Crippen LogP contribution in [0.3, 0.4) is 0 Å². The fourth-order valence-corrected chi connectivity index (χ4v) is 5.80.